The Labute approximate surface area is 133 Å². The maximum absolute atomic E-state index is 11.4. The van der Waals surface area contributed by atoms with Crippen molar-refractivity contribution in [2.75, 3.05) is 0 Å². The van der Waals surface area contributed by atoms with Crippen molar-refractivity contribution in [2.45, 2.75) is 13.0 Å². The highest BCUT2D eigenvalue weighted by molar-refractivity contribution is 5.95. The zero-order chi connectivity index (χ0) is 16.2. The highest BCUT2D eigenvalue weighted by Crippen LogP contribution is 2.27. The molecule has 1 amide bonds. The van der Waals surface area contributed by atoms with Crippen LogP contribution in [0.15, 0.2) is 65.2 Å². The lowest BCUT2D eigenvalue weighted by molar-refractivity contribution is 0.0991. The number of nitrogens with zero attached hydrogens (tertiary/aromatic N) is 1. The third-order valence-corrected chi connectivity index (χ3v) is 3.39. The van der Waals surface area contributed by atoms with Gasteiger partial charge in [0.1, 0.15) is 5.75 Å². The van der Waals surface area contributed by atoms with Gasteiger partial charge in [-0.15, -0.1) is 0 Å². The van der Waals surface area contributed by atoms with E-state index in [2.05, 4.69) is 4.98 Å². The lowest BCUT2D eigenvalue weighted by Crippen LogP contribution is -2.14. The molecular weight excluding hydrogens is 292 g/mol. The maximum atomic E-state index is 11.4. The number of nitrogens with two attached hydrogens (primary N) is 1. The Bertz CT molecular complexity index is 812. The van der Waals surface area contributed by atoms with E-state index >= 15 is 0 Å². The number of rotatable bonds is 5. The molecule has 3 aromatic rings. The number of amides is 1. The molecule has 1 heterocycles. The van der Waals surface area contributed by atoms with E-state index in [4.69, 9.17) is 14.9 Å². The van der Waals surface area contributed by atoms with Crippen LogP contribution >= 0.6 is 0 Å². The quantitative estimate of drug-likeness (QED) is 0.781. The van der Waals surface area contributed by atoms with E-state index in [1.54, 1.807) is 37.4 Å². The Kier molecular flexibility index (Phi) is 4.10. The molecule has 0 spiro atoms. The first kappa shape index (κ1) is 14.8. The lowest BCUT2D eigenvalue weighted by atomic mass is 10.2. The van der Waals surface area contributed by atoms with Crippen molar-refractivity contribution in [1.29, 1.82) is 0 Å². The van der Waals surface area contributed by atoms with Crippen LogP contribution in [0.1, 0.15) is 29.3 Å². The second kappa shape index (κ2) is 6.36. The van der Waals surface area contributed by atoms with Crippen LogP contribution < -0.4 is 10.5 Å². The van der Waals surface area contributed by atoms with Crippen LogP contribution in [0.4, 0.5) is 0 Å². The van der Waals surface area contributed by atoms with Gasteiger partial charge in [0.25, 0.3) is 5.91 Å². The van der Waals surface area contributed by atoms with Crippen molar-refractivity contribution in [3.8, 4) is 17.1 Å². The van der Waals surface area contributed by atoms with Gasteiger partial charge in [-0.3, -0.25) is 4.79 Å². The predicted octanol–water partition coefficient (Wildman–Crippen LogP) is 3.58. The van der Waals surface area contributed by atoms with Crippen molar-refractivity contribution in [1.82, 2.24) is 4.98 Å². The van der Waals surface area contributed by atoms with Crippen LogP contribution in [0.25, 0.3) is 11.3 Å². The fourth-order valence-electron chi connectivity index (χ4n) is 2.23. The molecule has 5 nitrogen and oxygen atoms in total. The summed E-state index contributed by atoms with van der Waals surface area (Å²) in [5.74, 6) is 0.972. The molecule has 1 atom stereocenters. The highest BCUT2D eigenvalue weighted by Gasteiger charge is 2.17. The summed E-state index contributed by atoms with van der Waals surface area (Å²) in [5.41, 5.74) is 6.62. The zero-order valence-electron chi connectivity index (χ0n) is 12.6. The molecule has 0 aliphatic carbocycles. The molecule has 0 bridgehead atoms. The summed E-state index contributed by atoms with van der Waals surface area (Å²) in [6.45, 7) is 1.80. The minimum atomic E-state index is -0.537. The van der Waals surface area contributed by atoms with E-state index in [1.807, 2.05) is 30.3 Å². The summed E-state index contributed by atoms with van der Waals surface area (Å²) in [6, 6.07) is 16.5. The normalized spacial score (nSPS) is 11.9. The molecule has 3 rings (SSSR count). The van der Waals surface area contributed by atoms with Crippen molar-refractivity contribution in [3.05, 3.63) is 72.2 Å². The summed E-state index contributed by atoms with van der Waals surface area (Å²) < 4.78 is 11.5. The number of aromatic nitrogens is 1. The highest BCUT2D eigenvalue weighted by atomic mass is 16.5. The molecule has 0 saturated heterocycles. The van der Waals surface area contributed by atoms with Gasteiger partial charge in [-0.1, -0.05) is 42.5 Å². The Hall–Kier alpha value is -3.08. The first-order valence-electron chi connectivity index (χ1n) is 7.22. The number of carbonyl (C=O) groups is 1. The fourth-order valence-corrected chi connectivity index (χ4v) is 2.23. The minimum Gasteiger partial charge on any atom is -0.480 e. The monoisotopic (exact) mass is 308 g/mol. The molecule has 2 N–H and O–H groups in total. The van der Waals surface area contributed by atoms with Gasteiger partial charge in [0.05, 0.1) is 11.8 Å². The number of para-hydroxylation sites is 1. The van der Waals surface area contributed by atoms with E-state index in [1.165, 1.54) is 0 Å². The number of oxazole rings is 1. The predicted molar refractivity (Wildman–Crippen MR) is 85.9 cm³/mol. The zero-order valence-corrected chi connectivity index (χ0v) is 12.6. The molecule has 0 radical (unpaired) electrons. The standard InChI is InChI=1S/C18H16N2O3/c1-12(22-15-10-6-5-9-14(15)17(19)21)18-20-11-16(23-18)13-7-3-2-4-8-13/h2-12H,1H3,(H2,19,21)/t12-/m0/s1. The van der Waals surface area contributed by atoms with Crippen LogP contribution in [0.5, 0.6) is 5.75 Å². The molecule has 0 aliphatic rings. The number of benzene rings is 2. The number of hydrogen-bond acceptors (Lipinski definition) is 4. The molecule has 0 fully saturated rings. The van der Waals surface area contributed by atoms with E-state index in [0.717, 1.165) is 5.56 Å². The Morgan fingerprint density at radius 2 is 1.83 bits per heavy atom. The van der Waals surface area contributed by atoms with Crippen LogP contribution in [0.3, 0.4) is 0 Å². The van der Waals surface area contributed by atoms with E-state index in [0.29, 0.717) is 23.0 Å². The second-order valence-electron chi connectivity index (χ2n) is 5.05. The summed E-state index contributed by atoms with van der Waals surface area (Å²) in [6.07, 6.45) is 1.21. The molecule has 5 heteroatoms. The second-order valence-corrected chi connectivity index (χ2v) is 5.05. The Morgan fingerprint density at radius 1 is 1.13 bits per heavy atom. The molecule has 116 valence electrons. The average molecular weight is 308 g/mol. The van der Waals surface area contributed by atoms with Gasteiger partial charge in [0.2, 0.25) is 5.89 Å². The number of primary amides is 1. The first-order chi connectivity index (χ1) is 11.1. The van der Waals surface area contributed by atoms with Gasteiger partial charge >= 0.3 is 0 Å². The van der Waals surface area contributed by atoms with Gasteiger partial charge < -0.3 is 14.9 Å². The Morgan fingerprint density at radius 3 is 2.57 bits per heavy atom. The van der Waals surface area contributed by atoms with Crippen molar-refractivity contribution >= 4 is 5.91 Å². The van der Waals surface area contributed by atoms with Gasteiger partial charge in [-0.25, -0.2) is 4.98 Å². The lowest BCUT2D eigenvalue weighted by Gasteiger charge is -2.13. The van der Waals surface area contributed by atoms with Crippen molar-refractivity contribution < 1.29 is 13.9 Å². The number of carbonyl (C=O) groups excluding carboxylic acids is 1. The van der Waals surface area contributed by atoms with Crippen molar-refractivity contribution in [3.63, 3.8) is 0 Å². The van der Waals surface area contributed by atoms with Gasteiger partial charge in [0.15, 0.2) is 11.9 Å². The van der Waals surface area contributed by atoms with E-state index in [-0.39, 0.29) is 0 Å². The molecular formula is C18H16N2O3. The van der Waals surface area contributed by atoms with Gasteiger partial charge in [-0.2, -0.15) is 0 Å². The molecule has 2 aromatic carbocycles. The molecule has 1 aromatic heterocycles. The number of ether oxygens (including phenoxy) is 1. The topological polar surface area (TPSA) is 78.4 Å². The summed E-state index contributed by atoms with van der Waals surface area (Å²) >= 11 is 0. The van der Waals surface area contributed by atoms with E-state index < -0.39 is 12.0 Å². The third kappa shape index (κ3) is 3.23. The smallest absolute Gasteiger partial charge is 0.252 e. The van der Waals surface area contributed by atoms with Crippen molar-refractivity contribution in [2.24, 2.45) is 5.73 Å². The summed E-state index contributed by atoms with van der Waals surface area (Å²) in [5, 5.41) is 0. The number of hydrogen-bond donors (Lipinski definition) is 1. The van der Waals surface area contributed by atoms with Crippen LogP contribution in [-0.2, 0) is 0 Å². The third-order valence-electron chi connectivity index (χ3n) is 3.39. The fraction of sp³-hybridized carbons (Fsp3) is 0.111. The molecule has 0 aliphatic heterocycles. The van der Waals surface area contributed by atoms with E-state index in [9.17, 15) is 4.79 Å². The van der Waals surface area contributed by atoms with Crippen LogP contribution in [0.2, 0.25) is 0 Å². The molecule has 0 unspecified atom stereocenters. The first-order valence-corrected chi connectivity index (χ1v) is 7.22. The Balaban J connectivity index is 1.81. The van der Waals surface area contributed by atoms with Crippen LogP contribution in [-0.4, -0.2) is 10.9 Å². The average Bonchev–Trinajstić information content (AvgIpc) is 3.06. The summed E-state index contributed by atoms with van der Waals surface area (Å²) in [4.78, 5) is 15.7. The molecule has 23 heavy (non-hydrogen) atoms. The summed E-state index contributed by atoms with van der Waals surface area (Å²) in [7, 11) is 0. The molecule has 0 saturated carbocycles. The minimum absolute atomic E-state index is 0.328. The maximum Gasteiger partial charge on any atom is 0.252 e. The van der Waals surface area contributed by atoms with Crippen LogP contribution in [0, 0.1) is 0 Å². The SMILES string of the molecule is C[C@H](Oc1ccccc1C(N)=O)c1ncc(-c2ccccc2)o1. The van der Waals surface area contributed by atoms with Gasteiger partial charge in [-0.05, 0) is 19.1 Å². The van der Waals surface area contributed by atoms with Gasteiger partial charge in [0, 0.05) is 5.56 Å². The largest absolute Gasteiger partial charge is 0.480 e.